The van der Waals surface area contributed by atoms with Crippen LogP contribution in [-0.2, 0) is 4.74 Å². The summed E-state index contributed by atoms with van der Waals surface area (Å²) in [7, 11) is 0. The summed E-state index contributed by atoms with van der Waals surface area (Å²) < 4.78 is 5.39. The zero-order valence-electron chi connectivity index (χ0n) is 15.2. The first-order valence-corrected chi connectivity index (χ1v) is 9.52. The third kappa shape index (κ3) is 5.16. The summed E-state index contributed by atoms with van der Waals surface area (Å²) in [6, 6.07) is 3.69. The number of carbonyl (C=O) groups excluding carboxylic acids is 1. The van der Waals surface area contributed by atoms with Crippen LogP contribution in [0.4, 0.5) is 5.82 Å². The van der Waals surface area contributed by atoms with Gasteiger partial charge < -0.3 is 19.9 Å². The molecular formula is C19H30N4O2. The Kier molecular flexibility index (Phi) is 6.64. The van der Waals surface area contributed by atoms with Gasteiger partial charge in [-0.3, -0.25) is 4.79 Å². The molecule has 3 rings (SSSR count). The standard InChI is InChI=1S/C19H30N4O2/c1-16-5-3-9-22(15-16)10-4-8-21-19(24)17-6-2-7-20-18(17)23-11-13-25-14-12-23/h2,6-7,16H,3-5,8-15H2,1H3,(H,21,24)/t16-/m1/s1. The molecule has 0 unspecified atom stereocenters. The minimum atomic E-state index is -0.0263. The lowest BCUT2D eigenvalue weighted by molar-refractivity contribution is 0.0948. The molecule has 2 aliphatic heterocycles. The average Bonchev–Trinajstić information content (AvgIpc) is 2.66. The average molecular weight is 346 g/mol. The number of carbonyl (C=O) groups is 1. The highest BCUT2D eigenvalue weighted by Gasteiger charge is 2.20. The molecule has 1 amide bonds. The number of hydrogen-bond acceptors (Lipinski definition) is 5. The van der Waals surface area contributed by atoms with E-state index in [1.807, 2.05) is 12.1 Å². The van der Waals surface area contributed by atoms with Crippen molar-refractivity contribution >= 4 is 11.7 Å². The fourth-order valence-electron chi connectivity index (χ4n) is 3.69. The molecule has 0 saturated carbocycles. The molecule has 1 atom stereocenters. The number of anilines is 1. The Labute approximate surface area is 150 Å². The summed E-state index contributed by atoms with van der Waals surface area (Å²) in [6.07, 6.45) is 5.38. The molecule has 25 heavy (non-hydrogen) atoms. The van der Waals surface area contributed by atoms with Crippen LogP contribution in [0.25, 0.3) is 0 Å². The van der Waals surface area contributed by atoms with Gasteiger partial charge in [0.2, 0.25) is 0 Å². The highest BCUT2D eigenvalue weighted by molar-refractivity contribution is 5.98. The fourth-order valence-corrected chi connectivity index (χ4v) is 3.69. The lowest BCUT2D eigenvalue weighted by Crippen LogP contribution is -2.39. The van der Waals surface area contributed by atoms with Crippen molar-refractivity contribution in [2.45, 2.75) is 26.2 Å². The quantitative estimate of drug-likeness (QED) is 0.796. The smallest absolute Gasteiger partial charge is 0.255 e. The predicted octanol–water partition coefficient (Wildman–Crippen LogP) is 1.77. The lowest BCUT2D eigenvalue weighted by atomic mass is 10.0. The van der Waals surface area contributed by atoms with Crippen LogP contribution in [0.15, 0.2) is 18.3 Å². The van der Waals surface area contributed by atoms with Gasteiger partial charge in [0.05, 0.1) is 18.8 Å². The number of pyridine rings is 1. The first kappa shape index (κ1) is 18.1. The van der Waals surface area contributed by atoms with E-state index in [2.05, 4.69) is 27.0 Å². The van der Waals surface area contributed by atoms with Crippen molar-refractivity contribution < 1.29 is 9.53 Å². The highest BCUT2D eigenvalue weighted by atomic mass is 16.5. The minimum absolute atomic E-state index is 0.0263. The van der Waals surface area contributed by atoms with E-state index < -0.39 is 0 Å². The molecule has 0 aliphatic carbocycles. The first-order chi connectivity index (χ1) is 12.2. The lowest BCUT2D eigenvalue weighted by Gasteiger charge is -2.30. The van der Waals surface area contributed by atoms with Crippen molar-refractivity contribution in [2.24, 2.45) is 5.92 Å². The number of ether oxygens (including phenoxy) is 1. The Morgan fingerprint density at radius 3 is 3.00 bits per heavy atom. The third-order valence-electron chi connectivity index (χ3n) is 5.02. The Balaban J connectivity index is 1.48. The van der Waals surface area contributed by atoms with E-state index in [-0.39, 0.29) is 5.91 Å². The van der Waals surface area contributed by atoms with E-state index in [0.29, 0.717) is 25.3 Å². The molecule has 2 aliphatic rings. The van der Waals surface area contributed by atoms with Gasteiger partial charge in [-0.2, -0.15) is 0 Å². The van der Waals surface area contributed by atoms with Crippen molar-refractivity contribution in [1.82, 2.24) is 15.2 Å². The number of rotatable bonds is 6. The summed E-state index contributed by atoms with van der Waals surface area (Å²) in [5.41, 5.74) is 0.663. The SMILES string of the molecule is C[C@@H]1CCCN(CCCNC(=O)c2cccnc2N2CCOCC2)C1. The number of aromatic nitrogens is 1. The maximum Gasteiger partial charge on any atom is 0.255 e. The Hall–Kier alpha value is -1.66. The van der Waals surface area contributed by atoms with Gasteiger partial charge in [-0.15, -0.1) is 0 Å². The maximum absolute atomic E-state index is 12.6. The van der Waals surface area contributed by atoms with Crippen molar-refractivity contribution in [3.63, 3.8) is 0 Å². The van der Waals surface area contributed by atoms with Crippen molar-refractivity contribution in [3.05, 3.63) is 23.9 Å². The van der Waals surface area contributed by atoms with E-state index in [0.717, 1.165) is 37.8 Å². The number of nitrogens with one attached hydrogen (secondary N) is 1. The third-order valence-corrected chi connectivity index (χ3v) is 5.02. The molecule has 138 valence electrons. The number of amides is 1. The molecule has 1 aromatic rings. The van der Waals surface area contributed by atoms with Gasteiger partial charge >= 0.3 is 0 Å². The molecule has 6 nitrogen and oxygen atoms in total. The Bertz CT molecular complexity index is 560. The van der Waals surface area contributed by atoms with Crippen LogP contribution in [0.5, 0.6) is 0 Å². The monoisotopic (exact) mass is 346 g/mol. The topological polar surface area (TPSA) is 57.7 Å². The van der Waals surface area contributed by atoms with Gasteiger partial charge in [-0.25, -0.2) is 4.98 Å². The predicted molar refractivity (Wildman–Crippen MR) is 99.1 cm³/mol. The van der Waals surface area contributed by atoms with E-state index in [9.17, 15) is 4.79 Å². The maximum atomic E-state index is 12.6. The van der Waals surface area contributed by atoms with Crippen LogP contribution in [0.2, 0.25) is 0 Å². The van der Waals surface area contributed by atoms with E-state index in [4.69, 9.17) is 4.74 Å². The molecule has 6 heteroatoms. The summed E-state index contributed by atoms with van der Waals surface area (Å²) in [5.74, 6) is 1.55. The van der Waals surface area contributed by atoms with Gasteiger partial charge in [-0.05, 0) is 50.4 Å². The number of hydrogen-bond donors (Lipinski definition) is 1. The van der Waals surface area contributed by atoms with Gasteiger partial charge in [0.15, 0.2) is 0 Å². The number of morpholine rings is 1. The zero-order valence-corrected chi connectivity index (χ0v) is 15.2. The van der Waals surface area contributed by atoms with Gasteiger partial charge in [0.1, 0.15) is 5.82 Å². The molecule has 1 N–H and O–H groups in total. The Morgan fingerprint density at radius 1 is 1.36 bits per heavy atom. The number of piperidine rings is 1. The largest absolute Gasteiger partial charge is 0.378 e. The Morgan fingerprint density at radius 2 is 2.20 bits per heavy atom. The van der Waals surface area contributed by atoms with Crippen LogP contribution in [0, 0.1) is 5.92 Å². The summed E-state index contributed by atoms with van der Waals surface area (Å²) >= 11 is 0. The van der Waals surface area contributed by atoms with E-state index in [1.165, 1.54) is 25.9 Å². The van der Waals surface area contributed by atoms with Crippen LogP contribution in [-0.4, -0.2) is 68.3 Å². The van der Waals surface area contributed by atoms with Gasteiger partial charge in [-0.1, -0.05) is 6.92 Å². The summed E-state index contributed by atoms with van der Waals surface area (Å²) in [6.45, 7) is 9.42. The molecule has 2 saturated heterocycles. The summed E-state index contributed by atoms with van der Waals surface area (Å²) in [4.78, 5) is 21.7. The highest BCUT2D eigenvalue weighted by Crippen LogP contribution is 2.18. The molecule has 0 aromatic carbocycles. The number of nitrogens with zero attached hydrogens (tertiary/aromatic N) is 3. The van der Waals surface area contributed by atoms with Crippen molar-refractivity contribution in [2.75, 3.05) is 57.4 Å². The van der Waals surface area contributed by atoms with E-state index in [1.54, 1.807) is 6.20 Å². The van der Waals surface area contributed by atoms with Crippen LogP contribution < -0.4 is 10.2 Å². The van der Waals surface area contributed by atoms with Crippen LogP contribution in [0.1, 0.15) is 36.5 Å². The normalized spacial score (nSPS) is 22.0. The van der Waals surface area contributed by atoms with Gasteiger partial charge in [0, 0.05) is 32.4 Å². The molecule has 0 radical (unpaired) electrons. The molecule has 0 bridgehead atoms. The number of likely N-dealkylation sites (tertiary alicyclic amines) is 1. The van der Waals surface area contributed by atoms with Crippen LogP contribution in [0.3, 0.4) is 0 Å². The van der Waals surface area contributed by atoms with Crippen molar-refractivity contribution in [1.29, 1.82) is 0 Å². The van der Waals surface area contributed by atoms with Gasteiger partial charge in [0.25, 0.3) is 5.91 Å². The molecule has 2 fully saturated rings. The van der Waals surface area contributed by atoms with Crippen LogP contribution >= 0.6 is 0 Å². The second-order valence-corrected chi connectivity index (χ2v) is 7.13. The minimum Gasteiger partial charge on any atom is -0.378 e. The molecule has 3 heterocycles. The second-order valence-electron chi connectivity index (χ2n) is 7.13. The summed E-state index contributed by atoms with van der Waals surface area (Å²) in [5, 5.41) is 3.07. The molecule has 0 spiro atoms. The van der Waals surface area contributed by atoms with E-state index >= 15 is 0 Å². The molecule has 1 aromatic heterocycles. The zero-order chi connectivity index (χ0) is 17.5. The second kappa shape index (κ2) is 9.15. The molecular weight excluding hydrogens is 316 g/mol. The fraction of sp³-hybridized carbons (Fsp3) is 0.684. The van der Waals surface area contributed by atoms with Crippen molar-refractivity contribution in [3.8, 4) is 0 Å². The first-order valence-electron chi connectivity index (χ1n) is 9.52.